The van der Waals surface area contributed by atoms with Gasteiger partial charge < -0.3 is 34.8 Å². The summed E-state index contributed by atoms with van der Waals surface area (Å²) >= 11 is 0. The molecule has 1 aliphatic heterocycles. The summed E-state index contributed by atoms with van der Waals surface area (Å²) < 4.78 is 36.1. The SMILES string of the molecule is Cn1c(N)nc2c(ncn2C2OC(COC(=O)c3ccccc3)C(O)C(OP(=O)(O)O)C2OC(=O)c2ccccc2)c1=O. The van der Waals surface area contributed by atoms with Crippen molar-refractivity contribution in [2.24, 2.45) is 7.05 Å². The van der Waals surface area contributed by atoms with Gasteiger partial charge in [0.25, 0.3) is 5.56 Å². The van der Waals surface area contributed by atoms with Crippen molar-refractivity contribution >= 4 is 36.9 Å². The van der Waals surface area contributed by atoms with Gasteiger partial charge in [0.05, 0.1) is 17.5 Å². The summed E-state index contributed by atoms with van der Waals surface area (Å²) in [5.74, 6) is -1.93. The molecule has 226 valence electrons. The number of ether oxygens (including phenoxy) is 3. The standard InChI is InChI=1S/C26H26N5O11P/c1-30-22(33)17-21(29-26(30)27)31(13-28-17)23-20(41-25(35)15-10-6-3-7-11-15)19(42-43(36,37)38)18(32)16(40-23)12-39-24(34)14-8-4-2-5-9-14/h2-11,13,16,18-20,23,32H,12H2,1H3,(H2,27,29)(H2,36,37,38). The van der Waals surface area contributed by atoms with E-state index in [1.165, 1.54) is 31.3 Å². The Morgan fingerprint density at radius 3 is 2.23 bits per heavy atom. The van der Waals surface area contributed by atoms with Crippen molar-refractivity contribution in [2.45, 2.75) is 30.6 Å². The Kier molecular flexibility index (Phi) is 8.41. The Balaban J connectivity index is 1.57. The van der Waals surface area contributed by atoms with Crippen molar-refractivity contribution in [2.75, 3.05) is 12.3 Å². The predicted molar refractivity (Wildman–Crippen MR) is 146 cm³/mol. The number of carbonyl (C=O) groups is 2. The molecule has 43 heavy (non-hydrogen) atoms. The number of phosphoric ester groups is 1. The topological polar surface area (TPSA) is 228 Å². The maximum atomic E-state index is 13.1. The van der Waals surface area contributed by atoms with Gasteiger partial charge in [-0.1, -0.05) is 36.4 Å². The van der Waals surface area contributed by atoms with Gasteiger partial charge in [-0.05, 0) is 24.3 Å². The molecular weight excluding hydrogens is 589 g/mol. The lowest BCUT2D eigenvalue weighted by molar-refractivity contribution is -0.246. The second kappa shape index (κ2) is 12.0. The number of aliphatic hydroxyl groups is 1. The third kappa shape index (κ3) is 6.34. The summed E-state index contributed by atoms with van der Waals surface area (Å²) in [6.45, 7) is -0.615. The molecule has 0 radical (unpaired) electrons. The molecule has 3 heterocycles. The van der Waals surface area contributed by atoms with Crippen molar-refractivity contribution in [3.05, 3.63) is 88.5 Å². The van der Waals surface area contributed by atoms with Gasteiger partial charge in [-0.3, -0.25) is 18.5 Å². The maximum Gasteiger partial charge on any atom is 0.470 e. The molecule has 0 amide bonds. The number of nitrogen functional groups attached to an aromatic ring is 1. The number of phosphoric acid groups is 1. The van der Waals surface area contributed by atoms with Gasteiger partial charge in [0.15, 0.2) is 23.5 Å². The van der Waals surface area contributed by atoms with Crippen LogP contribution in [0.15, 0.2) is 71.8 Å². The molecule has 0 aliphatic carbocycles. The number of benzene rings is 2. The molecule has 1 saturated heterocycles. The summed E-state index contributed by atoms with van der Waals surface area (Å²) in [7, 11) is -3.96. The summed E-state index contributed by atoms with van der Waals surface area (Å²) in [5.41, 5.74) is 5.25. The van der Waals surface area contributed by atoms with E-state index in [2.05, 4.69) is 9.97 Å². The third-order valence-corrected chi connectivity index (χ3v) is 7.17. The summed E-state index contributed by atoms with van der Waals surface area (Å²) in [4.78, 5) is 66.2. The first-order valence-corrected chi connectivity index (χ1v) is 14.2. The Labute approximate surface area is 242 Å². The van der Waals surface area contributed by atoms with E-state index >= 15 is 0 Å². The van der Waals surface area contributed by atoms with E-state index < -0.39 is 62.6 Å². The molecule has 17 heteroatoms. The number of nitrogens with two attached hydrogens (primary N) is 1. The van der Waals surface area contributed by atoms with Crippen LogP contribution in [-0.2, 0) is 30.3 Å². The zero-order valence-electron chi connectivity index (χ0n) is 22.4. The monoisotopic (exact) mass is 615 g/mol. The number of nitrogens with zero attached hydrogens (tertiary/aromatic N) is 4. The fourth-order valence-corrected chi connectivity index (χ4v) is 5.06. The van der Waals surface area contributed by atoms with Gasteiger partial charge >= 0.3 is 19.8 Å². The number of hydrogen-bond donors (Lipinski definition) is 4. The molecular formula is C26H26N5O11P. The van der Waals surface area contributed by atoms with Crippen molar-refractivity contribution in [3.8, 4) is 0 Å². The van der Waals surface area contributed by atoms with Crippen LogP contribution >= 0.6 is 7.82 Å². The first kappa shape index (κ1) is 30.0. The fraction of sp³-hybridized carbons (Fsp3) is 0.269. The molecule has 1 fully saturated rings. The number of hydrogen-bond acceptors (Lipinski definition) is 12. The molecule has 1 aliphatic rings. The van der Waals surface area contributed by atoms with Crippen molar-refractivity contribution in [1.82, 2.24) is 19.1 Å². The second-order valence-electron chi connectivity index (χ2n) is 9.47. The van der Waals surface area contributed by atoms with Crippen LogP contribution in [0.3, 0.4) is 0 Å². The van der Waals surface area contributed by atoms with E-state index in [9.17, 15) is 33.8 Å². The van der Waals surface area contributed by atoms with E-state index in [-0.39, 0.29) is 28.2 Å². The number of imidazole rings is 1. The number of anilines is 1. The van der Waals surface area contributed by atoms with Gasteiger partial charge in [-0.2, -0.15) is 4.98 Å². The minimum absolute atomic E-state index is 0.0660. The largest absolute Gasteiger partial charge is 0.470 e. The highest BCUT2D eigenvalue weighted by atomic mass is 31.2. The van der Waals surface area contributed by atoms with Crippen LogP contribution in [0.5, 0.6) is 0 Å². The van der Waals surface area contributed by atoms with Crippen molar-refractivity contribution in [1.29, 1.82) is 0 Å². The van der Waals surface area contributed by atoms with Crippen molar-refractivity contribution < 1.29 is 47.8 Å². The van der Waals surface area contributed by atoms with E-state index in [0.717, 1.165) is 15.5 Å². The van der Waals surface area contributed by atoms with Gasteiger partial charge in [0.1, 0.15) is 24.9 Å². The Hall–Kier alpha value is -4.44. The molecule has 5 unspecified atom stereocenters. The van der Waals surface area contributed by atoms with Gasteiger partial charge in [-0.15, -0.1) is 0 Å². The summed E-state index contributed by atoms with van der Waals surface area (Å²) in [5, 5.41) is 11.2. The molecule has 5 rings (SSSR count). The highest BCUT2D eigenvalue weighted by molar-refractivity contribution is 7.46. The Morgan fingerprint density at radius 2 is 1.63 bits per heavy atom. The lowest BCUT2D eigenvalue weighted by Crippen LogP contribution is -2.58. The van der Waals surface area contributed by atoms with Gasteiger partial charge in [0, 0.05) is 7.05 Å². The normalized spacial score (nSPS) is 22.3. The zero-order chi connectivity index (χ0) is 30.9. The van der Waals surface area contributed by atoms with Crippen LogP contribution in [0, 0.1) is 0 Å². The third-order valence-electron chi connectivity index (χ3n) is 6.65. The second-order valence-corrected chi connectivity index (χ2v) is 10.7. The molecule has 0 spiro atoms. The van der Waals surface area contributed by atoms with Gasteiger partial charge in [0.2, 0.25) is 5.95 Å². The number of carbonyl (C=O) groups excluding carboxylic acids is 2. The Bertz CT molecular complexity index is 1740. The van der Waals surface area contributed by atoms with E-state index in [1.54, 1.807) is 36.4 Å². The minimum atomic E-state index is -5.34. The van der Waals surface area contributed by atoms with E-state index in [4.69, 9.17) is 24.5 Å². The summed E-state index contributed by atoms with van der Waals surface area (Å²) in [6, 6.07) is 15.6. The summed E-state index contributed by atoms with van der Waals surface area (Å²) in [6.07, 6.45) is -7.54. The predicted octanol–water partition coefficient (Wildman–Crippen LogP) is 0.531. The minimum Gasteiger partial charge on any atom is -0.459 e. The number of aliphatic hydroxyl groups excluding tert-OH is 1. The number of esters is 2. The lowest BCUT2D eigenvalue weighted by atomic mass is 9.97. The maximum absolute atomic E-state index is 13.1. The smallest absolute Gasteiger partial charge is 0.459 e. The lowest BCUT2D eigenvalue weighted by Gasteiger charge is -2.43. The molecule has 0 bridgehead atoms. The molecule has 0 saturated carbocycles. The van der Waals surface area contributed by atoms with Crippen LogP contribution in [0.1, 0.15) is 26.9 Å². The molecule has 5 atom stereocenters. The number of fused-ring (bicyclic) bond motifs is 1. The number of aromatic nitrogens is 4. The molecule has 2 aromatic carbocycles. The average molecular weight is 615 g/mol. The Morgan fingerprint density at radius 1 is 1.02 bits per heavy atom. The van der Waals surface area contributed by atoms with Crippen LogP contribution < -0.4 is 11.3 Å². The van der Waals surface area contributed by atoms with Crippen LogP contribution in [0.2, 0.25) is 0 Å². The van der Waals surface area contributed by atoms with Crippen LogP contribution in [-0.4, -0.2) is 77.0 Å². The molecule has 16 nitrogen and oxygen atoms in total. The molecule has 5 N–H and O–H groups in total. The fourth-order valence-electron chi connectivity index (χ4n) is 4.50. The average Bonchev–Trinajstić information content (AvgIpc) is 3.41. The van der Waals surface area contributed by atoms with E-state index in [0.29, 0.717) is 0 Å². The first-order chi connectivity index (χ1) is 20.4. The highest BCUT2D eigenvalue weighted by Gasteiger charge is 2.52. The first-order valence-electron chi connectivity index (χ1n) is 12.7. The van der Waals surface area contributed by atoms with Crippen LogP contribution in [0.4, 0.5) is 5.95 Å². The zero-order valence-corrected chi connectivity index (χ0v) is 23.3. The molecule has 4 aromatic rings. The highest BCUT2D eigenvalue weighted by Crippen LogP contribution is 2.44. The van der Waals surface area contributed by atoms with Gasteiger partial charge in [-0.25, -0.2) is 19.1 Å². The van der Waals surface area contributed by atoms with Crippen molar-refractivity contribution in [3.63, 3.8) is 0 Å². The van der Waals surface area contributed by atoms with Crippen LogP contribution in [0.25, 0.3) is 11.2 Å². The number of rotatable bonds is 8. The van der Waals surface area contributed by atoms with E-state index in [1.807, 2.05) is 0 Å². The quantitative estimate of drug-likeness (QED) is 0.157. The molecule has 2 aromatic heterocycles.